The SMILES string of the molecule is Cc1nc(-c2ccc(-c3ccc(-c4nc5ccccc5o4)cc3)cc2)nc(C)c1C. The van der Waals surface area contributed by atoms with Gasteiger partial charge in [-0.2, -0.15) is 0 Å². The number of hydrogen-bond acceptors (Lipinski definition) is 4. The molecule has 0 saturated carbocycles. The van der Waals surface area contributed by atoms with Gasteiger partial charge in [-0.1, -0.05) is 48.5 Å². The molecule has 0 bridgehead atoms. The van der Waals surface area contributed by atoms with Crippen LogP contribution in [0.1, 0.15) is 17.0 Å². The maximum atomic E-state index is 5.87. The Bertz CT molecular complexity index is 1290. The van der Waals surface area contributed by atoms with Crippen molar-refractivity contribution >= 4 is 11.1 Å². The molecule has 5 aromatic rings. The molecule has 5 rings (SSSR count). The van der Waals surface area contributed by atoms with Crippen LogP contribution in [0.2, 0.25) is 0 Å². The molecule has 0 atom stereocenters. The summed E-state index contributed by atoms with van der Waals surface area (Å²) in [6, 6.07) is 24.5. The minimum atomic E-state index is 0.639. The summed E-state index contributed by atoms with van der Waals surface area (Å²) in [5.41, 5.74) is 9.13. The number of rotatable bonds is 3. The second kappa shape index (κ2) is 7.23. The van der Waals surface area contributed by atoms with E-state index >= 15 is 0 Å². The van der Waals surface area contributed by atoms with Crippen molar-refractivity contribution in [2.24, 2.45) is 0 Å². The van der Waals surface area contributed by atoms with Crippen molar-refractivity contribution in [1.82, 2.24) is 15.0 Å². The maximum absolute atomic E-state index is 5.87. The molecule has 0 fully saturated rings. The Labute approximate surface area is 175 Å². The van der Waals surface area contributed by atoms with E-state index in [0.717, 1.165) is 56.1 Å². The van der Waals surface area contributed by atoms with Gasteiger partial charge >= 0.3 is 0 Å². The number of hydrogen-bond donors (Lipinski definition) is 0. The van der Waals surface area contributed by atoms with Gasteiger partial charge in [-0.3, -0.25) is 0 Å². The average molecular weight is 391 g/mol. The van der Waals surface area contributed by atoms with Crippen LogP contribution in [0.5, 0.6) is 0 Å². The maximum Gasteiger partial charge on any atom is 0.227 e. The second-order valence-corrected chi connectivity index (χ2v) is 7.48. The zero-order valence-electron chi connectivity index (χ0n) is 17.2. The molecule has 3 aromatic carbocycles. The van der Waals surface area contributed by atoms with E-state index in [1.807, 2.05) is 50.2 Å². The first-order valence-corrected chi connectivity index (χ1v) is 9.97. The van der Waals surface area contributed by atoms with E-state index in [1.165, 1.54) is 0 Å². The Morgan fingerprint density at radius 3 is 1.70 bits per heavy atom. The lowest BCUT2D eigenvalue weighted by molar-refractivity contribution is 0.620. The van der Waals surface area contributed by atoms with E-state index in [0.29, 0.717) is 5.89 Å². The molecule has 0 N–H and O–H groups in total. The van der Waals surface area contributed by atoms with E-state index in [-0.39, 0.29) is 0 Å². The third kappa shape index (κ3) is 3.26. The van der Waals surface area contributed by atoms with Crippen LogP contribution in [-0.4, -0.2) is 15.0 Å². The van der Waals surface area contributed by atoms with Crippen molar-refractivity contribution in [3.8, 4) is 34.0 Å². The average Bonchev–Trinajstić information content (AvgIpc) is 3.22. The fourth-order valence-electron chi connectivity index (χ4n) is 3.51. The van der Waals surface area contributed by atoms with Gasteiger partial charge < -0.3 is 4.42 Å². The summed E-state index contributed by atoms with van der Waals surface area (Å²) in [6.07, 6.45) is 0. The van der Waals surface area contributed by atoms with Crippen molar-refractivity contribution in [2.75, 3.05) is 0 Å². The standard InChI is InChI=1S/C26H21N3O/c1-16-17(2)27-25(28-18(16)3)21-12-8-19(9-13-21)20-10-14-22(15-11-20)26-29-23-6-4-5-7-24(23)30-26/h4-15H,1-3H3. The molecule has 2 heterocycles. The summed E-state index contributed by atoms with van der Waals surface area (Å²) in [6.45, 7) is 6.11. The quantitative estimate of drug-likeness (QED) is 0.350. The minimum absolute atomic E-state index is 0.639. The lowest BCUT2D eigenvalue weighted by atomic mass is 10.0. The lowest BCUT2D eigenvalue weighted by Crippen LogP contribution is -1.98. The molecule has 4 nitrogen and oxygen atoms in total. The molecular weight excluding hydrogens is 370 g/mol. The van der Waals surface area contributed by atoms with E-state index in [1.54, 1.807) is 0 Å². The van der Waals surface area contributed by atoms with Crippen LogP contribution < -0.4 is 0 Å². The van der Waals surface area contributed by atoms with E-state index in [4.69, 9.17) is 4.42 Å². The van der Waals surface area contributed by atoms with Crippen molar-refractivity contribution in [3.05, 3.63) is 89.7 Å². The summed E-state index contributed by atoms with van der Waals surface area (Å²) in [5.74, 6) is 1.41. The number of aryl methyl sites for hydroxylation is 2. The Balaban J connectivity index is 1.42. The number of benzene rings is 3. The zero-order valence-corrected chi connectivity index (χ0v) is 17.2. The van der Waals surface area contributed by atoms with E-state index in [2.05, 4.69) is 58.3 Å². The van der Waals surface area contributed by atoms with Crippen molar-refractivity contribution in [2.45, 2.75) is 20.8 Å². The highest BCUT2D eigenvalue weighted by Gasteiger charge is 2.09. The predicted molar refractivity (Wildman–Crippen MR) is 120 cm³/mol. The Morgan fingerprint density at radius 2 is 1.10 bits per heavy atom. The fourth-order valence-corrected chi connectivity index (χ4v) is 3.51. The Morgan fingerprint density at radius 1 is 0.567 bits per heavy atom. The molecule has 0 unspecified atom stereocenters. The molecule has 0 amide bonds. The molecule has 0 saturated heterocycles. The van der Waals surface area contributed by atoms with Crippen LogP contribution in [0, 0.1) is 20.8 Å². The van der Waals surface area contributed by atoms with Gasteiger partial charge in [-0.25, -0.2) is 15.0 Å². The van der Waals surface area contributed by atoms with Crippen LogP contribution in [-0.2, 0) is 0 Å². The summed E-state index contributed by atoms with van der Waals surface area (Å²) < 4.78 is 5.87. The molecule has 0 aliphatic heterocycles. The predicted octanol–water partition coefficient (Wildman–Crippen LogP) is 6.54. The third-order valence-corrected chi connectivity index (χ3v) is 5.53. The van der Waals surface area contributed by atoms with Crippen LogP contribution in [0.3, 0.4) is 0 Å². The number of oxazole rings is 1. The normalized spacial score (nSPS) is 11.2. The second-order valence-electron chi connectivity index (χ2n) is 7.48. The van der Waals surface area contributed by atoms with Crippen molar-refractivity contribution in [3.63, 3.8) is 0 Å². The van der Waals surface area contributed by atoms with Crippen LogP contribution in [0.25, 0.3) is 45.1 Å². The number of aromatic nitrogens is 3. The number of nitrogens with zero attached hydrogens (tertiary/aromatic N) is 3. The number of fused-ring (bicyclic) bond motifs is 1. The van der Waals surface area contributed by atoms with Gasteiger partial charge in [-0.05, 0) is 61.7 Å². The van der Waals surface area contributed by atoms with E-state index < -0.39 is 0 Å². The molecule has 0 radical (unpaired) electrons. The highest BCUT2D eigenvalue weighted by Crippen LogP contribution is 2.28. The molecule has 0 aliphatic rings. The van der Waals surface area contributed by atoms with Crippen LogP contribution in [0.15, 0.2) is 77.2 Å². The molecule has 30 heavy (non-hydrogen) atoms. The highest BCUT2D eigenvalue weighted by molar-refractivity contribution is 5.77. The molecule has 0 spiro atoms. The first-order chi connectivity index (χ1) is 14.6. The molecule has 0 aliphatic carbocycles. The van der Waals surface area contributed by atoms with Gasteiger partial charge in [-0.15, -0.1) is 0 Å². The summed E-state index contributed by atoms with van der Waals surface area (Å²) in [7, 11) is 0. The highest BCUT2D eigenvalue weighted by atomic mass is 16.3. The molecular formula is C26H21N3O. The first kappa shape index (κ1) is 18.3. The van der Waals surface area contributed by atoms with Crippen LogP contribution >= 0.6 is 0 Å². The van der Waals surface area contributed by atoms with Gasteiger partial charge in [0.2, 0.25) is 5.89 Å². The van der Waals surface area contributed by atoms with Crippen molar-refractivity contribution < 1.29 is 4.42 Å². The summed E-state index contributed by atoms with van der Waals surface area (Å²) in [4.78, 5) is 13.9. The van der Waals surface area contributed by atoms with Crippen molar-refractivity contribution in [1.29, 1.82) is 0 Å². The van der Waals surface area contributed by atoms with Crippen LogP contribution in [0.4, 0.5) is 0 Å². The zero-order chi connectivity index (χ0) is 20.7. The molecule has 4 heteroatoms. The smallest absolute Gasteiger partial charge is 0.227 e. The minimum Gasteiger partial charge on any atom is -0.436 e. The monoisotopic (exact) mass is 391 g/mol. The van der Waals surface area contributed by atoms with Gasteiger partial charge in [0.05, 0.1) is 0 Å². The third-order valence-electron chi connectivity index (χ3n) is 5.53. The fraction of sp³-hybridized carbons (Fsp3) is 0.115. The largest absolute Gasteiger partial charge is 0.436 e. The Hall–Kier alpha value is -3.79. The first-order valence-electron chi connectivity index (χ1n) is 9.97. The summed E-state index contributed by atoms with van der Waals surface area (Å²) >= 11 is 0. The molecule has 2 aromatic heterocycles. The van der Waals surface area contributed by atoms with E-state index in [9.17, 15) is 0 Å². The van der Waals surface area contributed by atoms with Gasteiger partial charge in [0, 0.05) is 22.5 Å². The van der Waals surface area contributed by atoms with Gasteiger partial charge in [0.25, 0.3) is 0 Å². The van der Waals surface area contributed by atoms with Gasteiger partial charge in [0.1, 0.15) is 5.52 Å². The summed E-state index contributed by atoms with van der Waals surface area (Å²) in [5, 5.41) is 0. The topological polar surface area (TPSA) is 51.8 Å². The Kier molecular flexibility index (Phi) is 4.40. The molecule has 146 valence electrons. The lowest BCUT2D eigenvalue weighted by Gasteiger charge is -2.08. The van der Waals surface area contributed by atoms with Gasteiger partial charge in [0.15, 0.2) is 11.4 Å². The number of para-hydroxylation sites is 2.